The SMILES string of the molecule is CC(CCc1ccccc1)SCc1ccc(C(F)(F)P(=O)([O-])[O-])c(Br)c1.[Na+].[Na+]. The molecule has 1 atom stereocenters. The summed E-state index contributed by atoms with van der Waals surface area (Å²) >= 11 is 4.65. The van der Waals surface area contributed by atoms with E-state index in [0.717, 1.165) is 24.5 Å². The van der Waals surface area contributed by atoms with E-state index in [0.29, 0.717) is 11.0 Å². The third-order valence-electron chi connectivity index (χ3n) is 3.92. The smallest absolute Gasteiger partial charge is 0.806 e. The Labute approximate surface area is 221 Å². The molecule has 2 rings (SSSR count). The van der Waals surface area contributed by atoms with Crippen molar-refractivity contribution in [2.24, 2.45) is 0 Å². The summed E-state index contributed by atoms with van der Waals surface area (Å²) in [6.07, 6.45) is 1.95. The van der Waals surface area contributed by atoms with Crippen molar-refractivity contribution in [1.29, 1.82) is 0 Å². The normalized spacial score (nSPS) is 12.6. The molecule has 0 saturated carbocycles. The molecule has 0 aliphatic heterocycles. The van der Waals surface area contributed by atoms with Gasteiger partial charge in [-0.15, -0.1) is 0 Å². The minimum Gasteiger partial charge on any atom is -0.806 e. The number of aryl methyl sites for hydroxylation is 1. The third kappa shape index (κ3) is 8.43. The molecule has 0 aliphatic carbocycles. The number of hydrogen-bond donors (Lipinski definition) is 0. The summed E-state index contributed by atoms with van der Waals surface area (Å²) in [7, 11) is -6.07. The van der Waals surface area contributed by atoms with Gasteiger partial charge in [-0.3, -0.25) is 0 Å². The number of benzene rings is 2. The molecule has 0 fully saturated rings. The van der Waals surface area contributed by atoms with E-state index in [1.165, 1.54) is 17.7 Å². The molecule has 0 aromatic heterocycles. The summed E-state index contributed by atoms with van der Waals surface area (Å²) in [6.45, 7) is 2.11. The van der Waals surface area contributed by atoms with Gasteiger partial charge in [0.15, 0.2) is 0 Å². The van der Waals surface area contributed by atoms with E-state index >= 15 is 0 Å². The Kier molecular flexibility index (Phi) is 13.6. The van der Waals surface area contributed by atoms with Crippen LogP contribution in [0.5, 0.6) is 0 Å². The molecule has 1 unspecified atom stereocenters. The van der Waals surface area contributed by atoms with Crippen LogP contribution in [0.1, 0.15) is 30.0 Å². The Morgan fingerprint density at radius 1 is 1.11 bits per heavy atom. The number of alkyl halides is 2. The largest absolute Gasteiger partial charge is 1.00 e. The quantitative estimate of drug-likeness (QED) is 0.327. The molecular weight excluding hydrogens is 491 g/mol. The van der Waals surface area contributed by atoms with Crippen LogP contribution < -0.4 is 68.9 Å². The molecule has 0 bridgehead atoms. The standard InChI is InChI=1S/C18H20BrF2O3PS.2Na/c1-13(7-8-14-5-3-2-4-6-14)26-12-15-9-10-16(17(19)11-15)18(20,21)25(22,23)24;;/h2-6,9-11,13H,7-8,12H2,1H3,(H2,22,23,24);;/q;2*+1/p-2. The Bertz CT molecular complexity index is 794. The van der Waals surface area contributed by atoms with Crippen LogP contribution in [0, 0.1) is 0 Å². The summed E-state index contributed by atoms with van der Waals surface area (Å²) < 4.78 is 38.1. The second-order valence-electron chi connectivity index (χ2n) is 6.00. The molecule has 2 aromatic carbocycles. The molecule has 0 aliphatic rings. The first-order valence-corrected chi connectivity index (χ1v) is 11.3. The maximum Gasteiger partial charge on any atom is 1.00 e. The Morgan fingerprint density at radius 2 is 1.71 bits per heavy atom. The van der Waals surface area contributed by atoms with Crippen molar-refractivity contribution in [3.05, 3.63) is 69.7 Å². The van der Waals surface area contributed by atoms with E-state index in [4.69, 9.17) is 0 Å². The molecule has 0 heterocycles. The summed E-state index contributed by atoms with van der Waals surface area (Å²) in [5, 5.41) is 0.374. The van der Waals surface area contributed by atoms with Crippen LogP contribution in [-0.2, 0) is 22.4 Å². The van der Waals surface area contributed by atoms with Gasteiger partial charge in [-0.1, -0.05) is 65.3 Å². The predicted molar refractivity (Wildman–Crippen MR) is 101 cm³/mol. The van der Waals surface area contributed by atoms with Crippen LogP contribution in [0.4, 0.5) is 8.78 Å². The van der Waals surface area contributed by atoms with Gasteiger partial charge < -0.3 is 14.4 Å². The third-order valence-corrected chi connectivity index (χ3v) is 6.81. The van der Waals surface area contributed by atoms with Crippen LogP contribution in [0.3, 0.4) is 0 Å². The average molecular weight is 509 g/mol. The van der Waals surface area contributed by atoms with E-state index in [2.05, 4.69) is 35.0 Å². The second kappa shape index (κ2) is 13.0. The van der Waals surface area contributed by atoms with Crippen LogP contribution in [0.2, 0.25) is 0 Å². The van der Waals surface area contributed by atoms with Gasteiger partial charge in [-0.25, -0.2) is 0 Å². The van der Waals surface area contributed by atoms with E-state index in [9.17, 15) is 23.1 Å². The van der Waals surface area contributed by atoms with E-state index < -0.39 is 18.8 Å². The fourth-order valence-electron chi connectivity index (χ4n) is 2.38. The average Bonchev–Trinajstić information content (AvgIpc) is 2.58. The maximum absolute atomic E-state index is 13.7. The Balaban J connectivity index is 0.00000364. The zero-order valence-corrected chi connectivity index (χ0v) is 23.3. The first-order chi connectivity index (χ1) is 12.1. The molecule has 0 spiro atoms. The van der Waals surface area contributed by atoms with E-state index in [-0.39, 0.29) is 63.6 Å². The first kappa shape index (κ1) is 29.3. The molecule has 28 heavy (non-hydrogen) atoms. The van der Waals surface area contributed by atoms with Crippen molar-refractivity contribution in [2.45, 2.75) is 36.4 Å². The van der Waals surface area contributed by atoms with Gasteiger partial charge in [0.1, 0.15) is 0 Å². The minimum atomic E-state index is -6.07. The molecule has 142 valence electrons. The fourth-order valence-corrected chi connectivity index (χ4v) is 4.64. The first-order valence-electron chi connectivity index (χ1n) is 7.95. The molecular formula is C18H18BrF2Na2O3PS. The molecule has 10 heteroatoms. The van der Waals surface area contributed by atoms with Gasteiger partial charge in [0, 0.05) is 28.6 Å². The number of thioether (sulfide) groups is 1. The van der Waals surface area contributed by atoms with Crippen molar-refractivity contribution in [1.82, 2.24) is 0 Å². The zero-order valence-electron chi connectivity index (χ0n) is 16.0. The van der Waals surface area contributed by atoms with Crippen molar-refractivity contribution in [3.63, 3.8) is 0 Å². The fraction of sp³-hybridized carbons (Fsp3) is 0.333. The minimum absolute atomic E-state index is 0. The Morgan fingerprint density at radius 3 is 2.25 bits per heavy atom. The molecule has 0 saturated heterocycles. The number of hydrogen-bond acceptors (Lipinski definition) is 4. The molecule has 2 aromatic rings. The van der Waals surface area contributed by atoms with Gasteiger partial charge in [-0.05, 0) is 30.0 Å². The second-order valence-corrected chi connectivity index (χ2v) is 9.84. The van der Waals surface area contributed by atoms with Gasteiger partial charge in [-0.2, -0.15) is 20.5 Å². The van der Waals surface area contributed by atoms with E-state index in [1.54, 1.807) is 11.8 Å². The van der Waals surface area contributed by atoms with Crippen molar-refractivity contribution in [3.8, 4) is 0 Å². The van der Waals surface area contributed by atoms with E-state index in [1.807, 2.05) is 18.2 Å². The summed E-state index contributed by atoms with van der Waals surface area (Å²) in [4.78, 5) is 21.6. The zero-order chi connectivity index (χ0) is 19.4. The Hall–Kier alpha value is 1.28. The summed E-state index contributed by atoms with van der Waals surface area (Å²) in [5.74, 6) is 0.604. The molecule has 0 radical (unpaired) electrons. The van der Waals surface area contributed by atoms with Crippen molar-refractivity contribution >= 4 is 35.3 Å². The monoisotopic (exact) mass is 508 g/mol. The maximum atomic E-state index is 13.7. The van der Waals surface area contributed by atoms with Crippen LogP contribution in [0.15, 0.2) is 53.0 Å². The topological polar surface area (TPSA) is 63.2 Å². The molecule has 0 N–H and O–H groups in total. The van der Waals surface area contributed by atoms with Crippen molar-refractivity contribution < 1.29 is 82.2 Å². The van der Waals surface area contributed by atoms with Crippen LogP contribution in [-0.4, -0.2) is 5.25 Å². The number of halogens is 3. The molecule has 0 amide bonds. The summed E-state index contributed by atoms with van der Waals surface area (Å²) in [5.41, 5.74) is -3.20. The van der Waals surface area contributed by atoms with Gasteiger partial charge in [0.25, 0.3) is 5.66 Å². The predicted octanol–water partition coefficient (Wildman–Crippen LogP) is -1.33. The molecule has 3 nitrogen and oxygen atoms in total. The van der Waals surface area contributed by atoms with Gasteiger partial charge in [0.2, 0.25) is 0 Å². The summed E-state index contributed by atoms with van der Waals surface area (Å²) in [6, 6.07) is 14.0. The van der Waals surface area contributed by atoms with Gasteiger partial charge >= 0.3 is 59.1 Å². The van der Waals surface area contributed by atoms with Crippen LogP contribution in [0.25, 0.3) is 0 Å². The number of rotatable bonds is 8. The van der Waals surface area contributed by atoms with Crippen LogP contribution >= 0.6 is 35.3 Å². The van der Waals surface area contributed by atoms with Gasteiger partial charge in [0.05, 0.1) is 0 Å². The van der Waals surface area contributed by atoms with Crippen molar-refractivity contribution in [2.75, 3.05) is 0 Å².